The van der Waals surface area contributed by atoms with Gasteiger partial charge in [-0.3, -0.25) is 4.79 Å². The van der Waals surface area contributed by atoms with Gasteiger partial charge in [0.2, 0.25) is 0 Å². The first-order chi connectivity index (χ1) is 11.5. The third-order valence-corrected chi connectivity index (χ3v) is 4.86. The quantitative estimate of drug-likeness (QED) is 0.748. The van der Waals surface area contributed by atoms with Crippen LogP contribution in [0.3, 0.4) is 0 Å². The number of halogens is 1. The zero-order chi connectivity index (χ0) is 17.3. The first kappa shape index (κ1) is 16.7. The molecule has 0 saturated heterocycles. The molecule has 0 radical (unpaired) electrons. The molecule has 5 heteroatoms. The van der Waals surface area contributed by atoms with Crippen molar-refractivity contribution in [1.29, 1.82) is 0 Å². The molecule has 24 heavy (non-hydrogen) atoms. The van der Waals surface area contributed by atoms with Crippen LogP contribution in [0.15, 0.2) is 53.0 Å². The van der Waals surface area contributed by atoms with Gasteiger partial charge >= 0.3 is 5.97 Å². The molecule has 0 spiro atoms. The maximum absolute atomic E-state index is 12.8. The fourth-order valence-corrected chi connectivity index (χ4v) is 3.45. The number of rotatable bonds is 3. The van der Waals surface area contributed by atoms with Crippen molar-refractivity contribution in [3.05, 3.63) is 64.1 Å². The Hall–Kier alpha value is -2.14. The van der Waals surface area contributed by atoms with Crippen LogP contribution in [0.25, 0.3) is 0 Å². The normalized spacial score (nSPS) is 17.3. The molecule has 4 nitrogen and oxygen atoms in total. The highest BCUT2D eigenvalue weighted by atomic mass is 79.9. The van der Waals surface area contributed by atoms with Crippen LogP contribution in [-0.4, -0.2) is 24.0 Å². The minimum absolute atomic E-state index is 0.0551. The number of para-hydroxylation sites is 1. The van der Waals surface area contributed by atoms with Crippen molar-refractivity contribution in [3.63, 3.8) is 0 Å². The fraction of sp³-hybridized carbons (Fsp3) is 0.263. The molecule has 2 aromatic carbocycles. The molecule has 1 heterocycles. The minimum Gasteiger partial charge on any atom is -0.449 e. The van der Waals surface area contributed by atoms with E-state index < -0.39 is 12.1 Å². The van der Waals surface area contributed by atoms with Crippen molar-refractivity contribution in [2.24, 2.45) is 0 Å². The molecular formula is C19H18BrNO3. The lowest BCUT2D eigenvalue weighted by Crippen LogP contribution is -2.43. The minimum atomic E-state index is -0.849. The van der Waals surface area contributed by atoms with E-state index in [-0.39, 0.29) is 11.9 Å². The molecule has 1 aliphatic heterocycles. The number of hydrogen-bond donors (Lipinski definition) is 0. The number of carbonyl (C=O) groups excluding carboxylic acids is 2. The SMILES string of the molecule is C[C@@H]1Cc2ccccc2N1C(=O)[C@@H](C)OC(=O)c1ccccc1Br. The predicted octanol–water partition coefficient (Wildman–Crippen LogP) is 3.97. The van der Waals surface area contributed by atoms with Gasteiger partial charge in [-0.2, -0.15) is 0 Å². The van der Waals surface area contributed by atoms with Crippen molar-refractivity contribution in [2.75, 3.05) is 4.90 Å². The Morgan fingerprint density at radius 3 is 2.58 bits per heavy atom. The monoisotopic (exact) mass is 387 g/mol. The first-order valence-electron chi connectivity index (χ1n) is 7.85. The number of amides is 1. The van der Waals surface area contributed by atoms with Gasteiger partial charge in [0.1, 0.15) is 0 Å². The van der Waals surface area contributed by atoms with Gasteiger partial charge in [-0.15, -0.1) is 0 Å². The van der Waals surface area contributed by atoms with Crippen LogP contribution in [0.1, 0.15) is 29.8 Å². The second kappa shape index (κ2) is 6.77. The van der Waals surface area contributed by atoms with Crippen molar-refractivity contribution in [2.45, 2.75) is 32.4 Å². The molecule has 0 fully saturated rings. The second-order valence-electron chi connectivity index (χ2n) is 5.92. The predicted molar refractivity (Wildman–Crippen MR) is 96.1 cm³/mol. The van der Waals surface area contributed by atoms with E-state index in [2.05, 4.69) is 15.9 Å². The average Bonchev–Trinajstić information content (AvgIpc) is 2.90. The van der Waals surface area contributed by atoms with E-state index in [1.54, 1.807) is 30.0 Å². The van der Waals surface area contributed by atoms with E-state index in [0.29, 0.717) is 10.0 Å². The fourth-order valence-electron chi connectivity index (χ4n) is 3.00. The molecule has 0 saturated carbocycles. The summed E-state index contributed by atoms with van der Waals surface area (Å²) in [6.07, 6.45) is -0.0366. The second-order valence-corrected chi connectivity index (χ2v) is 6.77. The topological polar surface area (TPSA) is 46.6 Å². The summed E-state index contributed by atoms with van der Waals surface area (Å²) in [6.45, 7) is 3.62. The molecule has 0 aliphatic carbocycles. The van der Waals surface area contributed by atoms with E-state index in [0.717, 1.165) is 17.7 Å². The lowest BCUT2D eigenvalue weighted by molar-refractivity contribution is -0.126. The van der Waals surface area contributed by atoms with Crippen molar-refractivity contribution in [3.8, 4) is 0 Å². The van der Waals surface area contributed by atoms with Crippen LogP contribution in [0.2, 0.25) is 0 Å². The Morgan fingerprint density at radius 2 is 1.83 bits per heavy atom. The number of nitrogens with zero attached hydrogens (tertiary/aromatic N) is 1. The highest BCUT2D eigenvalue weighted by Crippen LogP contribution is 2.32. The van der Waals surface area contributed by atoms with Gasteiger partial charge in [-0.05, 0) is 60.0 Å². The van der Waals surface area contributed by atoms with Crippen LogP contribution in [0, 0.1) is 0 Å². The Morgan fingerprint density at radius 1 is 1.17 bits per heavy atom. The maximum Gasteiger partial charge on any atom is 0.340 e. The zero-order valence-electron chi connectivity index (χ0n) is 13.5. The van der Waals surface area contributed by atoms with Crippen molar-refractivity contribution >= 4 is 33.5 Å². The van der Waals surface area contributed by atoms with Gasteiger partial charge in [0.15, 0.2) is 6.10 Å². The molecule has 1 aliphatic rings. The molecule has 2 aromatic rings. The van der Waals surface area contributed by atoms with Crippen molar-refractivity contribution in [1.82, 2.24) is 0 Å². The Bertz CT molecular complexity index is 790. The van der Waals surface area contributed by atoms with Crippen LogP contribution < -0.4 is 4.90 Å². The summed E-state index contributed by atoms with van der Waals surface area (Å²) in [7, 11) is 0. The van der Waals surface area contributed by atoms with Gasteiger partial charge in [-0.1, -0.05) is 30.3 Å². The molecule has 3 rings (SSSR count). The third kappa shape index (κ3) is 3.08. The van der Waals surface area contributed by atoms with E-state index in [1.165, 1.54) is 0 Å². The smallest absolute Gasteiger partial charge is 0.340 e. The first-order valence-corrected chi connectivity index (χ1v) is 8.65. The van der Waals surface area contributed by atoms with E-state index in [4.69, 9.17) is 4.74 Å². The van der Waals surface area contributed by atoms with Gasteiger partial charge in [0.25, 0.3) is 5.91 Å². The number of hydrogen-bond acceptors (Lipinski definition) is 3. The molecule has 0 aromatic heterocycles. The molecule has 1 amide bonds. The molecule has 2 atom stereocenters. The third-order valence-electron chi connectivity index (χ3n) is 4.17. The Kier molecular flexibility index (Phi) is 4.71. The number of carbonyl (C=O) groups is 2. The number of ether oxygens (including phenoxy) is 1. The van der Waals surface area contributed by atoms with Crippen molar-refractivity contribution < 1.29 is 14.3 Å². The number of fused-ring (bicyclic) bond motifs is 1. The van der Waals surface area contributed by atoms with E-state index in [9.17, 15) is 9.59 Å². The summed E-state index contributed by atoms with van der Waals surface area (Å²) in [5.41, 5.74) is 2.45. The zero-order valence-corrected chi connectivity index (χ0v) is 15.1. The average molecular weight is 388 g/mol. The lowest BCUT2D eigenvalue weighted by Gasteiger charge is -2.26. The molecule has 0 bridgehead atoms. The van der Waals surface area contributed by atoms with Gasteiger partial charge in [0, 0.05) is 16.2 Å². The summed E-state index contributed by atoms with van der Waals surface area (Å²) >= 11 is 3.32. The van der Waals surface area contributed by atoms with Crippen LogP contribution >= 0.6 is 15.9 Å². The summed E-state index contributed by atoms with van der Waals surface area (Å²) in [6, 6.07) is 14.9. The Labute approximate surface area is 149 Å². The Balaban J connectivity index is 1.76. The molecular weight excluding hydrogens is 370 g/mol. The van der Waals surface area contributed by atoms with Gasteiger partial charge in [-0.25, -0.2) is 4.79 Å². The molecule has 124 valence electrons. The number of esters is 1. The summed E-state index contributed by atoms with van der Waals surface area (Å²) < 4.78 is 6.04. The van der Waals surface area contributed by atoms with Gasteiger partial charge < -0.3 is 9.64 Å². The molecule has 0 N–H and O–H groups in total. The highest BCUT2D eigenvalue weighted by molar-refractivity contribution is 9.10. The maximum atomic E-state index is 12.8. The molecule has 0 unspecified atom stereocenters. The summed E-state index contributed by atoms with van der Waals surface area (Å²) in [4.78, 5) is 26.8. The van der Waals surface area contributed by atoms with Crippen LogP contribution in [-0.2, 0) is 16.0 Å². The number of anilines is 1. The largest absolute Gasteiger partial charge is 0.449 e. The lowest BCUT2D eigenvalue weighted by atomic mass is 10.1. The summed E-state index contributed by atoms with van der Waals surface area (Å²) in [5, 5.41) is 0. The highest BCUT2D eigenvalue weighted by Gasteiger charge is 2.34. The van der Waals surface area contributed by atoms with E-state index in [1.807, 2.05) is 37.3 Å². The van der Waals surface area contributed by atoms with E-state index >= 15 is 0 Å². The van der Waals surface area contributed by atoms with Crippen LogP contribution in [0.4, 0.5) is 5.69 Å². The standard InChI is InChI=1S/C19H18BrNO3/c1-12-11-14-7-3-6-10-17(14)21(12)18(22)13(2)24-19(23)15-8-4-5-9-16(15)20/h3-10,12-13H,11H2,1-2H3/t12-,13-/m1/s1. The number of benzene rings is 2. The van der Waals surface area contributed by atoms with Gasteiger partial charge in [0.05, 0.1) is 5.56 Å². The summed E-state index contributed by atoms with van der Waals surface area (Å²) in [5.74, 6) is -0.712. The van der Waals surface area contributed by atoms with Crippen LogP contribution in [0.5, 0.6) is 0 Å².